The Kier molecular flexibility index (Phi) is 4.26. The molecule has 126 valence electrons. The second-order valence-electron chi connectivity index (χ2n) is 6.21. The molecule has 1 amide bonds. The van der Waals surface area contributed by atoms with Crippen molar-refractivity contribution in [3.05, 3.63) is 68.9 Å². The number of hydrogen-bond acceptors (Lipinski definition) is 2. The molecule has 0 N–H and O–H groups in total. The molecule has 2 aromatic rings. The van der Waals surface area contributed by atoms with Gasteiger partial charge in [0.25, 0.3) is 11.5 Å². The summed E-state index contributed by atoms with van der Waals surface area (Å²) >= 11 is 0. The minimum absolute atomic E-state index is 0.175. The minimum Gasteiger partial charge on any atom is -0.331 e. The van der Waals surface area contributed by atoms with Crippen LogP contribution in [0.1, 0.15) is 47.1 Å². The van der Waals surface area contributed by atoms with Crippen LogP contribution in [0, 0.1) is 12.7 Å². The van der Waals surface area contributed by atoms with Gasteiger partial charge in [-0.3, -0.25) is 9.59 Å². The lowest BCUT2D eigenvalue weighted by atomic mass is 9.93. The van der Waals surface area contributed by atoms with Crippen LogP contribution in [0.4, 0.5) is 4.39 Å². The van der Waals surface area contributed by atoms with E-state index in [0.29, 0.717) is 19.5 Å². The van der Waals surface area contributed by atoms with Crippen molar-refractivity contribution in [3.8, 4) is 0 Å². The molecule has 0 aliphatic carbocycles. The van der Waals surface area contributed by atoms with Crippen molar-refractivity contribution in [1.82, 2.24) is 9.47 Å². The van der Waals surface area contributed by atoms with Crippen LogP contribution in [0.15, 0.2) is 35.1 Å². The molecule has 2 heterocycles. The minimum atomic E-state index is -0.307. The van der Waals surface area contributed by atoms with Crippen LogP contribution in [0.2, 0.25) is 0 Å². The van der Waals surface area contributed by atoms with Gasteiger partial charge in [0.05, 0.1) is 6.04 Å². The van der Waals surface area contributed by atoms with Gasteiger partial charge in [0.1, 0.15) is 11.4 Å². The lowest BCUT2D eigenvalue weighted by Gasteiger charge is -2.35. The van der Waals surface area contributed by atoms with E-state index in [0.717, 1.165) is 16.8 Å². The molecule has 1 aliphatic heterocycles. The van der Waals surface area contributed by atoms with Gasteiger partial charge in [-0.05, 0) is 62.6 Å². The molecular weight excluding hydrogens is 307 g/mol. The number of hydrogen-bond donors (Lipinski definition) is 0. The number of aryl methyl sites for hydroxylation is 1. The highest BCUT2D eigenvalue weighted by atomic mass is 19.1. The molecule has 0 saturated heterocycles. The summed E-state index contributed by atoms with van der Waals surface area (Å²) < 4.78 is 15.2. The molecule has 4 nitrogen and oxygen atoms in total. The summed E-state index contributed by atoms with van der Waals surface area (Å²) in [6, 6.07) is 7.84. The van der Waals surface area contributed by atoms with Gasteiger partial charge >= 0.3 is 0 Å². The van der Waals surface area contributed by atoms with Crippen LogP contribution in [0.5, 0.6) is 0 Å². The van der Waals surface area contributed by atoms with E-state index in [1.807, 2.05) is 20.8 Å². The molecule has 0 saturated carbocycles. The lowest BCUT2D eigenvalue weighted by Crippen LogP contribution is -2.42. The Morgan fingerprint density at radius 2 is 2.04 bits per heavy atom. The predicted octanol–water partition coefficient (Wildman–Crippen LogP) is 3.08. The third-order valence-corrected chi connectivity index (χ3v) is 4.85. The van der Waals surface area contributed by atoms with Gasteiger partial charge in [-0.2, -0.15) is 0 Å². The molecule has 24 heavy (non-hydrogen) atoms. The summed E-state index contributed by atoms with van der Waals surface area (Å²) in [7, 11) is 0. The average Bonchev–Trinajstić information content (AvgIpc) is 2.56. The van der Waals surface area contributed by atoms with Crippen molar-refractivity contribution in [2.75, 3.05) is 6.54 Å². The summed E-state index contributed by atoms with van der Waals surface area (Å²) in [6.45, 7) is 6.65. The standard InChI is InChI=1S/C19H21FN2O2/c1-4-21-12(2)5-8-16(18(21)23)19(24)22-10-9-14-6-7-15(20)11-17(14)13(22)3/h5-8,11,13H,4,9-10H2,1-3H3/t13-/m0/s1. The van der Waals surface area contributed by atoms with Crippen LogP contribution in [-0.4, -0.2) is 21.9 Å². The van der Waals surface area contributed by atoms with E-state index in [4.69, 9.17) is 0 Å². The van der Waals surface area contributed by atoms with Crippen molar-refractivity contribution in [3.63, 3.8) is 0 Å². The number of rotatable bonds is 2. The fourth-order valence-corrected chi connectivity index (χ4v) is 3.44. The van der Waals surface area contributed by atoms with Gasteiger partial charge in [0.15, 0.2) is 0 Å². The van der Waals surface area contributed by atoms with Crippen LogP contribution in [-0.2, 0) is 13.0 Å². The maximum absolute atomic E-state index is 13.6. The number of fused-ring (bicyclic) bond motifs is 1. The summed E-state index contributed by atoms with van der Waals surface area (Å²) in [4.78, 5) is 27.2. The summed E-state index contributed by atoms with van der Waals surface area (Å²) in [5.74, 6) is -0.594. The fraction of sp³-hybridized carbons (Fsp3) is 0.368. The van der Waals surface area contributed by atoms with E-state index >= 15 is 0 Å². The third-order valence-electron chi connectivity index (χ3n) is 4.85. The molecule has 0 spiro atoms. The first-order valence-corrected chi connectivity index (χ1v) is 8.23. The number of carbonyl (C=O) groups is 1. The summed E-state index contributed by atoms with van der Waals surface area (Å²) in [5, 5.41) is 0. The highest BCUT2D eigenvalue weighted by Crippen LogP contribution is 2.30. The quantitative estimate of drug-likeness (QED) is 0.850. The van der Waals surface area contributed by atoms with Gasteiger partial charge < -0.3 is 9.47 Å². The van der Waals surface area contributed by atoms with Crippen molar-refractivity contribution in [2.24, 2.45) is 0 Å². The summed E-state index contributed by atoms with van der Waals surface area (Å²) in [5.41, 5.74) is 2.62. The maximum atomic E-state index is 13.6. The predicted molar refractivity (Wildman–Crippen MR) is 90.7 cm³/mol. The van der Waals surface area contributed by atoms with E-state index in [9.17, 15) is 14.0 Å². The first-order chi connectivity index (χ1) is 11.4. The monoisotopic (exact) mass is 328 g/mol. The van der Waals surface area contributed by atoms with Gasteiger partial charge in [-0.15, -0.1) is 0 Å². The van der Waals surface area contributed by atoms with Crippen LogP contribution < -0.4 is 5.56 Å². The van der Waals surface area contributed by atoms with E-state index in [-0.39, 0.29) is 28.9 Å². The Morgan fingerprint density at radius 3 is 2.75 bits per heavy atom. The Balaban J connectivity index is 1.99. The molecule has 1 aromatic carbocycles. The summed E-state index contributed by atoms with van der Waals surface area (Å²) in [6.07, 6.45) is 0.666. The van der Waals surface area contributed by atoms with Crippen LogP contribution in [0.25, 0.3) is 0 Å². The SMILES string of the molecule is CCn1c(C)ccc(C(=O)N2CCc3ccc(F)cc3[C@@H]2C)c1=O. The Bertz CT molecular complexity index is 857. The topological polar surface area (TPSA) is 42.3 Å². The Labute approximate surface area is 140 Å². The van der Waals surface area contributed by atoms with E-state index in [1.165, 1.54) is 12.1 Å². The molecule has 0 radical (unpaired) electrons. The maximum Gasteiger partial charge on any atom is 0.263 e. The first kappa shape index (κ1) is 16.4. The number of pyridine rings is 1. The molecule has 1 aliphatic rings. The smallest absolute Gasteiger partial charge is 0.263 e. The van der Waals surface area contributed by atoms with Gasteiger partial charge in [0, 0.05) is 18.8 Å². The second kappa shape index (κ2) is 6.23. The molecule has 3 rings (SSSR count). The van der Waals surface area contributed by atoms with Crippen molar-refractivity contribution < 1.29 is 9.18 Å². The molecule has 0 unspecified atom stereocenters. The molecular formula is C19H21FN2O2. The van der Waals surface area contributed by atoms with Gasteiger partial charge in [-0.25, -0.2) is 4.39 Å². The van der Waals surface area contributed by atoms with E-state index in [1.54, 1.807) is 27.7 Å². The zero-order valence-corrected chi connectivity index (χ0v) is 14.2. The highest BCUT2D eigenvalue weighted by Gasteiger charge is 2.30. The zero-order valence-electron chi connectivity index (χ0n) is 14.2. The lowest BCUT2D eigenvalue weighted by molar-refractivity contribution is 0.0674. The average molecular weight is 328 g/mol. The molecule has 0 bridgehead atoms. The number of carbonyl (C=O) groups excluding carboxylic acids is 1. The first-order valence-electron chi connectivity index (χ1n) is 8.23. The van der Waals surface area contributed by atoms with Gasteiger partial charge in [0.2, 0.25) is 0 Å². The number of aromatic nitrogens is 1. The Hall–Kier alpha value is -2.43. The van der Waals surface area contributed by atoms with E-state index < -0.39 is 0 Å². The van der Waals surface area contributed by atoms with Crippen LogP contribution >= 0.6 is 0 Å². The molecule has 5 heteroatoms. The normalized spacial score (nSPS) is 16.8. The third kappa shape index (κ3) is 2.64. The number of benzene rings is 1. The molecule has 0 fully saturated rings. The van der Waals surface area contributed by atoms with Crippen LogP contribution in [0.3, 0.4) is 0 Å². The number of nitrogens with zero attached hydrogens (tertiary/aromatic N) is 2. The van der Waals surface area contributed by atoms with Crippen molar-refractivity contribution >= 4 is 5.91 Å². The zero-order chi connectivity index (χ0) is 17.4. The van der Waals surface area contributed by atoms with E-state index in [2.05, 4.69) is 0 Å². The second-order valence-corrected chi connectivity index (χ2v) is 6.21. The molecule has 1 atom stereocenters. The molecule has 1 aromatic heterocycles. The van der Waals surface area contributed by atoms with Crippen molar-refractivity contribution in [2.45, 2.75) is 39.8 Å². The van der Waals surface area contributed by atoms with Gasteiger partial charge in [-0.1, -0.05) is 6.07 Å². The van der Waals surface area contributed by atoms with Crippen molar-refractivity contribution in [1.29, 1.82) is 0 Å². The largest absolute Gasteiger partial charge is 0.331 e. The number of amides is 1. The highest BCUT2D eigenvalue weighted by molar-refractivity contribution is 5.94. The number of halogens is 1. The fourth-order valence-electron chi connectivity index (χ4n) is 3.44. The Morgan fingerprint density at radius 1 is 1.29 bits per heavy atom.